The molecule has 4 aromatic rings. The summed E-state index contributed by atoms with van der Waals surface area (Å²) in [4.78, 5) is 20.6. The van der Waals surface area contributed by atoms with E-state index in [4.69, 9.17) is 21.1 Å². The third-order valence-corrected chi connectivity index (χ3v) is 4.90. The molecule has 0 aliphatic rings. The zero-order chi connectivity index (χ0) is 21.1. The molecule has 0 saturated carbocycles. The molecular formula is C22H19ClN4O3. The van der Waals surface area contributed by atoms with E-state index in [0.29, 0.717) is 23.4 Å². The Kier molecular flexibility index (Phi) is 5.63. The molecule has 0 bridgehead atoms. The maximum absolute atomic E-state index is 11.6. The summed E-state index contributed by atoms with van der Waals surface area (Å²) in [7, 11) is 3.01. The van der Waals surface area contributed by atoms with Crippen LogP contribution >= 0.6 is 11.6 Å². The van der Waals surface area contributed by atoms with Crippen molar-refractivity contribution < 1.29 is 14.3 Å². The first-order chi connectivity index (χ1) is 14.6. The zero-order valence-corrected chi connectivity index (χ0v) is 17.3. The molecule has 0 spiro atoms. The summed E-state index contributed by atoms with van der Waals surface area (Å²) in [6.45, 7) is 0.570. The second-order valence-electron chi connectivity index (χ2n) is 6.70. The van der Waals surface area contributed by atoms with Gasteiger partial charge in [0.05, 0.1) is 33.4 Å². The van der Waals surface area contributed by atoms with E-state index in [0.717, 1.165) is 22.4 Å². The Bertz CT molecular complexity index is 1200. The monoisotopic (exact) mass is 422 g/mol. The minimum Gasteiger partial charge on any atom is -0.497 e. The molecule has 8 heteroatoms. The second-order valence-corrected chi connectivity index (χ2v) is 7.06. The quantitative estimate of drug-likeness (QED) is 0.346. The summed E-state index contributed by atoms with van der Waals surface area (Å²) >= 11 is 6.40. The van der Waals surface area contributed by atoms with Crippen molar-refractivity contribution in [3.63, 3.8) is 0 Å². The molecule has 2 heterocycles. The van der Waals surface area contributed by atoms with E-state index in [2.05, 4.69) is 15.1 Å². The van der Waals surface area contributed by atoms with Crippen LogP contribution in [-0.2, 0) is 22.5 Å². The van der Waals surface area contributed by atoms with Gasteiger partial charge in [-0.2, -0.15) is 5.10 Å². The van der Waals surface area contributed by atoms with Crippen molar-refractivity contribution in [1.82, 2.24) is 19.7 Å². The molecule has 0 unspecified atom stereocenters. The average molecular weight is 423 g/mol. The number of fused-ring (bicyclic) bond motifs is 1. The molecule has 0 N–H and O–H groups in total. The lowest BCUT2D eigenvalue weighted by molar-refractivity contribution is -0.139. The van der Waals surface area contributed by atoms with Gasteiger partial charge in [-0.05, 0) is 29.3 Å². The van der Waals surface area contributed by atoms with E-state index in [9.17, 15) is 4.79 Å². The van der Waals surface area contributed by atoms with Crippen LogP contribution < -0.4 is 4.74 Å². The van der Waals surface area contributed by atoms with Crippen molar-refractivity contribution in [3.8, 4) is 17.1 Å². The Morgan fingerprint density at radius 3 is 2.60 bits per heavy atom. The first-order valence-corrected chi connectivity index (χ1v) is 9.63. The average Bonchev–Trinajstić information content (AvgIpc) is 3.17. The van der Waals surface area contributed by atoms with E-state index >= 15 is 0 Å². The fourth-order valence-electron chi connectivity index (χ4n) is 3.11. The van der Waals surface area contributed by atoms with E-state index in [1.807, 2.05) is 54.7 Å². The standard InChI is InChI=1S/C22H19ClN4O3/c1-29-17-8-6-14(7-9-17)12-27-13-18-20(26-27)21(23)25-22(24-18)16-5-3-4-15(10-16)11-19(28)30-2/h3-10,13H,11-12H2,1-2H3. The van der Waals surface area contributed by atoms with Gasteiger partial charge >= 0.3 is 5.97 Å². The Morgan fingerprint density at radius 1 is 1.07 bits per heavy atom. The number of rotatable bonds is 6. The molecule has 0 radical (unpaired) electrons. The van der Waals surface area contributed by atoms with Gasteiger partial charge in [0.1, 0.15) is 16.8 Å². The van der Waals surface area contributed by atoms with Crippen LogP contribution in [-0.4, -0.2) is 39.9 Å². The van der Waals surface area contributed by atoms with Crippen molar-refractivity contribution in [2.75, 3.05) is 14.2 Å². The van der Waals surface area contributed by atoms with Crippen molar-refractivity contribution in [3.05, 3.63) is 71.0 Å². The molecule has 2 aromatic heterocycles. The number of nitrogens with zero attached hydrogens (tertiary/aromatic N) is 4. The van der Waals surface area contributed by atoms with Gasteiger partial charge in [0.2, 0.25) is 0 Å². The molecule has 2 aromatic carbocycles. The predicted molar refractivity (Wildman–Crippen MR) is 114 cm³/mol. The van der Waals surface area contributed by atoms with Crippen molar-refractivity contribution >= 4 is 28.6 Å². The highest BCUT2D eigenvalue weighted by Crippen LogP contribution is 2.25. The molecule has 152 valence electrons. The lowest BCUT2D eigenvalue weighted by Gasteiger charge is -2.04. The molecule has 0 aliphatic carbocycles. The number of carbonyl (C=O) groups is 1. The first kappa shape index (κ1) is 19.8. The van der Waals surface area contributed by atoms with Crippen molar-refractivity contribution in [1.29, 1.82) is 0 Å². The van der Waals surface area contributed by atoms with Crippen LogP contribution in [0.2, 0.25) is 5.15 Å². The summed E-state index contributed by atoms with van der Waals surface area (Å²) in [6.07, 6.45) is 2.02. The largest absolute Gasteiger partial charge is 0.497 e. The fourth-order valence-corrected chi connectivity index (χ4v) is 3.33. The van der Waals surface area contributed by atoms with Crippen LogP contribution in [0.1, 0.15) is 11.1 Å². The minimum absolute atomic E-state index is 0.181. The summed E-state index contributed by atoms with van der Waals surface area (Å²) in [6, 6.07) is 15.2. The van der Waals surface area contributed by atoms with E-state index in [1.54, 1.807) is 11.8 Å². The van der Waals surface area contributed by atoms with Gasteiger partial charge in [0.25, 0.3) is 0 Å². The Morgan fingerprint density at radius 2 is 1.87 bits per heavy atom. The highest BCUT2D eigenvalue weighted by atomic mass is 35.5. The molecule has 0 saturated heterocycles. The lowest BCUT2D eigenvalue weighted by atomic mass is 10.1. The van der Waals surface area contributed by atoms with Gasteiger partial charge in [-0.3, -0.25) is 9.48 Å². The van der Waals surface area contributed by atoms with E-state index in [-0.39, 0.29) is 17.5 Å². The number of hydrogen-bond acceptors (Lipinski definition) is 6. The Balaban J connectivity index is 1.63. The number of hydrogen-bond donors (Lipinski definition) is 0. The maximum atomic E-state index is 11.6. The van der Waals surface area contributed by atoms with Gasteiger partial charge in [0, 0.05) is 5.56 Å². The molecule has 0 fully saturated rings. The number of methoxy groups -OCH3 is 2. The molecule has 4 rings (SSSR count). The number of esters is 1. The highest BCUT2D eigenvalue weighted by molar-refractivity contribution is 6.33. The van der Waals surface area contributed by atoms with Crippen LogP contribution in [0, 0.1) is 0 Å². The number of carbonyl (C=O) groups excluding carboxylic acids is 1. The van der Waals surface area contributed by atoms with Crippen LogP contribution in [0.25, 0.3) is 22.4 Å². The summed E-state index contributed by atoms with van der Waals surface area (Å²) in [5.41, 5.74) is 3.84. The first-order valence-electron chi connectivity index (χ1n) is 9.25. The SMILES string of the molecule is COC(=O)Cc1cccc(-c2nc(Cl)c3nn(Cc4ccc(OC)cc4)cc3n2)c1. The number of ether oxygens (including phenoxy) is 2. The zero-order valence-electron chi connectivity index (χ0n) is 16.5. The van der Waals surface area contributed by atoms with E-state index in [1.165, 1.54) is 7.11 Å². The molecule has 0 aliphatic heterocycles. The van der Waals surface area contributed by atoms with Crippen LogP contribution in [0.3, 0.4) is 0 Å². The summed E-state index contributed by atoms with van der Waals surface area (Å²) in [5, 5.41) is 4.80. The fraction of sp³-hybridized carbons (Fsp3) is 0.182. The number of aromatic nitrogens is 4. The lowest BCUT2D eigenvalue weighted by Crippen LogP contribution is -2.04. The van der Waals surface area contributed by atoms with Gasteiger partial charge < -0.3 is 9.47 Å². The minimum atomic E-state index is -0.304. The Hall–Kier alpha value is -3.45. The van der Waals surface area contributed by atoms with Crippen LogP contribution in [0.15, 0.2) is 54.7 Å². The van der Waals surface area contributed by atoms with E-state index < -0.39 is 0 Å². The van der Waals surface area contributed by atoms with Crippen LogP contribution in [0.4, 0.5) is 0 Å². The predicted octanol–water partition coefficient (Wildman–Crippen LogP) is 3.92. The molecule has 0 atom stereocenters. The van der Waals surface area contributed by atoms with Crippen molar-refractivity contribution in [2.24, 2.45) is 0 Å². The third-order valence-electron chi connectivity index (χ3n) is 4.63. The number of halogens is 1. The maximum Gasteiger partial charge on any atom is 0.309 e. The van der Waals surface area contributed by atoms with Crippen LogP contribution in [0.5, 0.6) is 5.75 Å². The molecule has 0 amide bonds. The van der Waals surface area contributed by atoms with Gasteiger partial charge in [-0.15, -0.1) is 0 Å². The summed E-state index contributed by atoms with van der Waals surface area (Å²) in [5.74, 6) is 0.974. The molecular weight excluding hydrogens is 404 g/mol. The molecule has 30 heavy (non-hydrogen) atoms. The van der Waals surface area contributed by atoms with Gasteiger partial charge in [-0.1, -0.05) is 41.9 Å². The number of benzene rings is 2. The topological polar surface area (TPSA) is 79.1 Å². The van der Waals surface area contributed by atoms with Crippen molar-refractivity contribution in [2.45, 2.75) is 13.0 Å². The second kappa shape index (κ2) is 8.51. The highest BCUT2D eigenvalue weighted by Gasteiger charge is 2.13. The summed E-state index contributed by atoms with van der Waals surface area (Å²) < 4.78 is 11.7. The smallest absolute Gasteiger partial charge is 0.309 e. The molecule has 7 nitrogen and oxygen atoms in total. The van der Waals surface area contributed by atoms with Gasteiger partial charge in [-0.25, -0.2) is 9.97 Å². The normalized spacial score (nSPS) is 10.9. The van der Waals surface area contributed by atoms with Gasteiger partial charge in [0.15, 0.2) is 11.0 Å². The third kappa shape index (κ3) is 4.26. The Labute approximate surface area is 178 Å².